The fraction of sp³-hybridized carbons (Fsp3) is 0.0323. The zero-order valence-corrected chi connectivity index (χ0v) is 19.5. The molecule has 1 aromatic heterocycles. The Morgan fingerprint density at radius 1 is 0.545 bits per heavy atom. The van der Waals surface area contributed by atoms with Crippen molar-refractivity contribution in [2.45, 2.75) is 5.92 Å². The monoisotopic (exact) mass is 485 g/mol. The van der Waals surface area contributed by atoms with Crippen LogP contribution in [0.3, 0.4) is 0 Å². The molecule has 5 aromatic carbocycles. The summed E-state index contributed by atoms with van der Waals surface area (Å²) in [5.41, 5.74) is 10.4. The minimum absolute atomic E-state index is 0.224. The summed E-state index contributed by atoms with van der Waals surface area (Å²) in [6.07, 6.45) is 0. The van der Waals surface area contributed by atoms with Crippen molar-refractivity contribution in [1.29, 1.82) is 0 Å². The molecule has 0 spiro atoms. The molecule has 0 amide bonds. The van der Waals surface area contributed by atoms with Gasteiger partial charge in [0.25, 0.3) is 0 Å². The maximum absolute atomic E-state index is 3.84. The second kappa shape index (κ2) is 7.19. The van der Waals surface area contributed by atoms with Crippen molar-refractivity contribution in [3.63, 3.8) is 0 Å². The number of benzene rings is 5. The Kier molecular flexibility index (Phi) is 4.12. The van der Waals surface area contributed by atoms with E-state index in [1.54, 1.807) is 0 Å². The highest BCUT2D eigenvalue weighted by Crippen LogP contribution is 2.48. The molecule has 0 aliphatic heterocycles. The van der Waals surface area contributed by atoms with Gasteiger partial charge in [-0.25, -0.2) is 0 Å². The van der Waals surface area contributed by atoms with Crippen LogP contribution >= 0.6 is 15.9 Å². The molecule has 1 heterocycles. The molecule has 0 saturated carbocycles. The van der Waals surface area contributed by atoms with Gasteiger partial charge in [0.1, 0.15) is 0 Å². The molecule has 1 aliphatic rings. The van der Waals surface area contributed by atoms with Crippen LogP contribution < -0.4 is 0 Å². The molecule has 0 fully saturated rings. The van der Waals surface area contributed by atoms with Crippen LogP contribution in [0.1, 0.15) is 22.6 Å². The fourth-order valence-corrected chi connectivity index (χ4v) is 6.11. The van der Waals surface area contributed by atoms with Crippen LogP contribution in [0.25, 0.3) is 38.6 Å². The fourth-order valence-electron chi connectivity index (χ4n) is 5.61. The van der Waals surface area contributed by atoms with Gasteiger partial charge in [0.2, 0.25) is 0 Å². The maximum atomic E-state index is 3.84. The van der Waals surface area contributed by atoms with Crippen molar-refractivity contribution in [3.8, 4) is 16.8 Å². The third-order valence-corrected chi connectivity index (χ3v) is 7.37. The van der Waals surface area contributed by atoms with E-state index in [1.807, 2.05) is 0 Å². The molecule has 0 bridgehead atoms. The van der Waals surface area contributed by atoms with Crippen molar-refractivity contribution in [2.24, 2.45) is 0 Å². The van der Waals surface area contributed by atoms with Crippen molar-refractivity contribution in [1.82, 2.24) is 4.57 Å². The molecular weight excluding hydrogens is 466 g/mol. The average Bonchev–Trinajstić information content (AvgIpc) is 3.37. The Hall–Kier alpha value is -3.62. The van der Waals surface area contributed by atoms with Crippen LogP contribution in [0.15, 0.2) is 120 Å². The number of hydrogen-bond donors (Lipinski definition) is 0. The number of rotatable bonds is 2. The van der Waals surface area contributed by atoms with E-state index >= 15 is 0 Å². The molecular formula is C31H20BrN. The molecule has 1 nitrogen and oxygen atoms in total. The van der Waals surface area contributed by atoms with Gasteiger partial charge in [0.15, 0.2) is 0 Å². The third-order valence-electron chi connectivity index (χ3n) is 6.91. The van der Waals surface area contributed by atoms with Gasteiger partial charge in [-0.2, -0.15) is 0 Å². The van der Waals surface area contributed by atoms with Crippen LogP contribution in [-0.2, 0) is 0 Å². The Balaban J connectivity index is 1.51. The van der Waals surface area contributed by atoms with Crippen molar-refractivity contribution < 1.29 is 0 Å². The molecule has 1 aliphatic carbocycles. The summed E-state index contributed by atoms with van der Waals surface area (Å²) >= 11 is 3.84. The molecule has 0 radical (unpaired) electrons. The standard InChI is InChI=1S/C31H20BrN/c32-21-17-20(31-27-13-3-1-9-23(27)24-10-2-4-14-28(24)31)18-22(19-21)33-29-15-7-5-11-25(29)26-12-6-8-16-30(26)33/h1-19,31H. The van der Waals surface area contributed by atoms with Gasteiger partial charge in [-0.1, -0.05) is 101 Å². The predicted molar refractivity (Wildman–Crippen MR) is 141 cm³/mol. The normalized spacial score (nSPS) is 12.9. The predicted octanol–water partition coefficient (Wildman–Crippen LogP) is 8.71. The summed E-state index contributed by atoms with van der Waals surface area (Å²) in [5.74, 6) is 0.224. The summed E-state index contributed by atoms with van der Waals surface area (Å²) in [6.45, 7) is 0. The molecule has 0 unspecified atom stereocenters. The second-order valence-corrected chi connectivity index (χ2v) is 9.64. The van der Waals surface area contributed by atoms with E-state index in [4.69, 9.17) is 0 Å². The summed E-state index contributed by atoms with van der Waals surface area (Å²) in [5, 5.41) is 2.57. The highest BCUT2D eigenvalue weighted by Gasteiger charge is 2.29. The molecule has 0 N–H and O–H groups in total. The minimum atomic E-state index is 0.224. The minimum Gasteiger partial charge on any atom is -0.309 e. The number of hydrogen-bond acceptors (Lipinski definition) is 0. The van der Waals surface area contributed by atoms with Crippen molar-refractivity contribution in [3.05, 3.63) is 136 Å². The van der Waals surface area contributed by atoms with E-state index in [2.05, 4.69) is 136 Å². The van der Waals surface area contributed by atoms with Crippen molar-refractivity contribution in [2.75, 3.05) is 0 Å². The van der Waals surface area contributed by atoms with Crippen LogP contribution in [-0.4, -0.2) is 4.57 Å². The van der Waals surface area contributed by atoms with E-state index in [0.717, 1.165) is 4.47 Å². The van der Waals surface area contributed by atoms with E-state index < -0.39 is 0 Å². The summed E-state index contributed by atoms with van der Waals surface area (Å²) < 4.78 is 3.49. The molecule has 156 valence electrons. The number of aromatic nitrogens is 1. The van der Waals surface area contributed by atoms with Gasteiger partial charge >= 0.3 is 0 Å². The third kappa shape index (κ3) is 2.77. The molecule has 2 heteroatoms. The lowest BCUT2D eigenvalue weighted by Crippen LogP contribution is -2.02. The first-order valence-electron chi connectivity index (χ1n) is 11.3. The number of nitrogens with zero attached hydrogens (tertiary/aromatic N) is 1. The Labute approximate surface area is 201 Å². The molecule has 0 saturated heterocycles. The maximum Gasteiger partial charge on any atom is 0.0541 e. The average molecular weight is 486 g/mol. The molecule has 0 atom stereocenters. The first kappa shape index (κ1) is 18.9. The van der Waals surface area contributed by atoms with Gasteiger partial charge in [-0.15, -0.1) is 0 Å². The summed E-state index contributed by atoms with van der Waals surface area (Å²) in [7, 11) is 0. The zero-order chi connectivity index (χ0) is 21.9. The van der Waals surface area contributed by atoms with Crippen LogP contribution in [0.4, 0.5) is 0 Å². The highest BCUT2D eigenvalue weighted by molar-refractivity contribution is 9.10. The van der Waals surface area contributed by atoms with Gasteiger partial charge < -0.3 is 4.57 Å². The Bertz CT molecular complexity index is 1590. The second-order valence-electron chi connectivity index (χ2n) is 8.72. The Morgan fingerprint density at radius 3 is 1.67 bits per heavy atom. The van der Waals surface area contributed by atoms with Gasteiger partial charge in [-0.3, -0.25) is 0 Å². The van der Waals surface area contributed by atoms with E-state index in [0.29, 0.717) is 0 Å². The van der Waals surface area contributed by atoms with E-state index in [-0.39, 0.29) is 5.92 Å². The number of fused-ring (bicyclic) bond motifs is 6. The zero-order valence-electron chi connectivity index (χ0n) is 17.9. The van der Waals surface area contributed by atoms with Crippen molar-refractivity contribution >= 4 is 37.7 Å². The lowest BCUT2D eigenvalue weighted by Gasteiger charge is -2.17. The van der Waals surface area contributed by atoms with Crippen LogP contribution in [0, 0.1) is 0 Å². The SMILES string of the molecule is Brc1cc(C2c3ccccc3-c3ccccc32)cc(-n2c3ccccc3c3ccccc32)c1. The molecule has 7 rings (SSSR count). The lowest BCUT2D eigenvalue weighted by atomic mass is 9.89. The summed E-state index contributed by atoms with van der Waals surface area (Å²) in [4.78, 5) is 0. The van der Waals surface area contributed by atoms with Crippen LogP contribution in [0.5, 0.6) is 0 Å². The number of para-hydroxylation sites is 2. The highest BCUT2D eigenvalue weighted by atomic mass is 79.9. The Morgan fingerprint density at radius 2 is 1.06 bits per heavy atom. The summed E-state index contributed by atoms with van der Waals surface area (Å²) in [6, 6.07) is 41.9. The van der Waals surface area contributed by atoms with E-state index in [9.17, 15) is 0 Å². The first-order valence-corrected chi connectivity index (χ1v) is 12.1. The topological polar surface area (TPSA) is 4.93 Å². The molecule has 33 heavy (non-hydrogen) atoms. The van der Waals surface area contributed by atoms with E-state index in [1.165, 1.54) is 55.3 Å². The van der Waals surface area contributed by atoms with Gasteiger partial charge in [-0.05, 0) is 58.1 Å². The van der Waals surface area contributed by atoms with Crippen LogP contribution in [0.2, 0.25) is 0 Å². The first-order chi connectivity index (χ1) is 16.3. The largest absolute Gasteiger partial charge is 0.309 e. The number of halogens is 1. The smallest absolute Gasteiger partial charge is 0.0541 e. The quantitative estimate of drug-likeness (QED) is 0.230. The van der Waals surface area contributed by atoms with Gasteiger partial charge in [0.05, 0.1) is 11.0 Å². The van der Waals surface area contributed by atoms with Gasteiger partial charge in [0, 0.05) is 26.9 Å². The lowest BCUT2D eigenvalue weighted by molar-refractivity contribution is 1.00. The molecule has 6 aromatic rings.